The highest BCUT2D eigenvalue weighted by molar-refractivity contribution is 5.73. The van der Waals surface area contributed by atoms with Gasteiger partial charge in [0.1, 0.15) is 0 Å². The Morgan fingerprint density at radius 3 is 2.35 bits per heavy atom. The Balaban J connectivity index is 1.81. The average Bonchev–Trinajstić information content (AvgIpc) is 2.57. The maximum absolute atomic E-state index is 11.4. The van der Waals surface area contributed by atoms with Crippen molar-refractivity contribution in [3.05, 3.63) is 59.2 Å². The highest BCUT2D eigenvalue weighted by atomic mass is 16.6. The SMILES string of the molecule is CC(=O)Oc1ccc(CN2Cc3ccccc3CC2C)cc1OC(C)=O. The molecule has 2 aromatic rings. The predicted octanol–water partition coefficient (Wildman–Crippen LogP) is 3.48. The van der Waals surface area contributed by atoms with E-state index in [9.17, 15) is 9.59 Å². The number of nitrogens with zero attached hydrogens (tertiary/aromatic N) is 1. The minimum atomic E-state index is -0.451. The summed E-state index contributed by atoms with van der Waals surface area (Å²) in [6.07, 6.45) is 1.01. The number of fused-ring (bicyclic) bond motifs is 1. The van der Waals surface area contributed by atoms with Gasteiger partial charge in [0.15, 0.2) is 11.5 Å². The van der Waals surface area contributed by atoms with Crippen LogP contribution in [0.5, 0.6) is 11.5 Å². The summed E-state index contributed by atoms with van der Waals surface area (Å²) in [5, 5.41) is 0. The van der Waals surface area contributed by atoms with Gasteiger partial charge in [-0.25, -0.2) is 0 Å². The Labute approximate surface area is 153 Å². The molecule has 1 aliphatic rings. The van der Waals surface area contributed by atoms with Crippen LogP contribution < -0.4 is 9.47 Å². The van der Waals surface area contributed by atoms with E-state index in [4.69, 9.17) is 9.47 Å². The van der Waals surface area contributed by atoms with Gasteiger partial charge < -0.3 is 9.47 Å². The summed E-state index contributed by atoms with van der Waals surface area (Å²) in [5.74, 6) is -0.369. The highest BCUT2D eigenvalue weighted by Gasteiger charge is 2.23. The fourth-order valence-electron chi connectivity index (χ4n) is 3.30. The molecular formula is C21H23NO4. The van der Waals surface area contributed by atoms with Crippen LogP contribution in [0.15, 0.2) is 42.5 Å². The van der Waals surface area contributed by atoms with E-state index >= 15 is 0 Å². The zero-order chi connectivity index (χ0) is 18.7. The number of ether oxygens (including phenoxy) is 2. The van der Waals surface area contributed by atoms with Crippen LogP contribution in [0, 0.1) is 0 Å². The highest BCUT2D eigenvalue weighted by Crippen LogP contribution is 2.31. The number of hydrogen-bond acceptors (Lipinski definition) is 5. The van der Waals surface area contributed by atoms with E-state index in [2.05, 4.69) is 36.1 Å². The van der Waals surface area contributed by atoms with Crippen LogP contribution >= 0.6 is 0 Å². The second-order valence-corrected chi connectivity index (χ2v) is 6.70. The van der Waals surface area contributed by atoms with E-state index in [1.165, 1.54) is 25.0 Å². The first-order valence-corrected chi connectivity index (χ1v) is 8.73. The minimum Gasteiger partial charge on any atom is -0.423 e. The quantitative estimate of drug-likeness (QED) is 0.622. The first-order chi connectivity index (χ1) is 12.4. The number of rotatable bonds is 4. The molecule has 0 saturated heterocycles. The molecule has 0 N–H and O–H groups in total. The molecule has 1 heterocycles. The maximum Gasteiger partial charge on any atom is 0.308 e. The molecule has 3 rings (SSSR count). The van der Waals surface area contributed by atoms with Crippen molar-refractivity contribution in [2.45, 2.75) is 46.3 Å². The fourth-order valence-corrected chi connectivity index (χ4v) is 3.30. The Morgan fingerprint density at radius 2 is 1.65 bits per heavy atom. The first-order valence-electron chi connectivity index (χ1n) is 8.73. The van der Waals surface area contributed by atoms with Gasteiger partial charge in [0.2, 0.25) is 0 Å². The van der Waals surface area contributed by atoms with Crippen molar-refractivity contribution in [2.75, 3.05) is 0 Å². The van der Waals surface area contributed by atoms with Gasteiger partial charge in [0.05, 0.1) is 0 Å². The van der Waals surface area contributed by atoms with E-state index in [1.54, 1.807) is 12.1 Å². The van der Waals surface area contributed by atoms with Crippen molar-refractivity contribution in [2.24, 2.45) is 0 Å². The molecule has 0 fully saturated rings. The smallest absolute Gasteiger partial charge is 0.308 e. The third-order valence-electron chi connectivity index (χ3n) is 4.53. The molecule has 1 unspecified atom stereocenters. The Bertz CT molecular complexity index is 831. The van der Waals surface area contributed by atoms with Crippen LogP contribution in [0.4, 0.5) is 0 Å². The summed E-state index contributed by atoms with van der Waals surface area (Å²) >= 11 is 0. The normalized spacial score (nSPS) is 16.7. The predicted molar refractivity (Wildman–Crippen MR) is 97.9 cm³/mol. The van der Waals surface area contributed by atoms with Gasteiger partial charge in [-0.3, -0.25) is 14.5 Å². The topological polar surface area (TPSA) is 55.8 Å². The lowest BCUT2D eigenvalue weighted by molar-refractivity contribution is -0.134. The molecule has 0 radical (unpaired) electrons. The molecule has 0 spiro atoms. The number of carbonyl (C=O) groups is 2. The van der Waals surface area contributed by atoms with E-state index < -0.39 is 11.9 Å². The van der Waals surface area contributed by atoms with Crippen molar-refractivity contribution >= 4 is 11.9 Å². The molecule has 26 heavy (non-hydrogen) atoms. The van der Waals surface area contributed by atoms with Crippen LogP contribution in [0.25, 0.3) is 0 Å². The molecule has 5 nitrogen and oxygen atoms in total. The van der Waals surface area contributed by atoms with Crippen molar-refractivity contribution in [3.63, 3.8) is 0 Å². The standard InChI is InChI=1S/C21H23NO4/c1-14-10-18-6-4-5-7-19(18)13-22(14)12-17-8-9-20(25-15(2)23)21(11-17)26-16(3)24/h4-9,11,14H,10,12-13H2,1-3H3. The third-order valence-corrected chi connectivity index (χ3v) is 4.53. The van der Waals surface area contributed by atoms with E-state index in [-0.39, 0.29) is 11.5 Å². The van der Waals surface area contributed by atoms with Crippen molar-refractivity contribution in [1.29, 1.82) is 0 Å². The number of esters is 2. The summed E-state index contributed by atoms with van der Waals surface area (Å²) < 4.78 is 10.4. The van der Waals surface area contributed by atoms with Gasteiger partial charge in [0, 0.05) is 33.0 Å². The average molecular weight is 353 g/mol. The second-order valence-electron chi connectivity index (χ2n) is 6.70. The molecule has 0 aliphatic carbocycles. The van der Waals surface area contributed by atoms with Crippen LogP contribution in [-0.4, -0.2) is 22.9 Å². The Hall–Kier alpha value is -2.66. The largest absolute Gasteiger partial charge is 0.423 e. The van der Waals surface area contributed by atoms with Crippen molar-refractivity contribution in [3.8, 4) is 11.5 Å². The number of hydrogen-bond donors (Lipinski definition) is 0. The summed E-state index contributed by atoms with van der Waals surface area (Å²) in [5.41, 5.74) is 3.76. The van der Waals surface area contributed by atoms with Crippen molar-refractivity contribution in [1.82, 2.24) is 4.90 Å². The summed E-state index contributed by atoms with van der Waals surface area (Å²) in [4.78, 5) is 25.0. The molecule has 0 saturated carbocycles. The second kappa shape index (κ2) is 7.70. The van der Waals surface area contributed by atoms with Gasteiger partial charge in [-0.1, -0.05) is 30.3 Å². The van der Waals surface area contributed by atoms with Gasteiger partial charge in [-0.05, 0) is 42.2 Å². The molecule has 0 aromatic heterocycles. The maximum atomic E-state index is 11.4. The molecular weight excluding hydrogens is 330 g/mol. The molecule has 0 bridgehead atoms. The van der Waals surface area contributed by atoms with Crippen LogP contribution in [0.2, 0.25) is 0 Å². The zero-order valence-corrected chi connectivity index (χ0v) is 15.3. The number of benzene rings is 2. The molecule has 1 atom stereocenters. The molecule has 1 aliphatic heterocycles. The van der Waals surface area contributed by atoms with Gasteiger partial charge >= 0.3 is 11.9 Å². The minimum absolute atomic E-state index is 0.258. The summed E-state index contributed by atoms with van der Waals surface area (Å²) in [7, 11) is 0. The lowest BCUT2D eigenvalue weighted by Crippen LogP contribution is -2.37. The lowest BCUT2D eigenvalue weighted by Gasteiger charge is -2.35. The summed E-state index contributed by atoms with van der Waals surface area (Å²) in [6.45, 7) is 6.47. The fraction of sp³-hybridized carbons (Fsp3) is 0.333. The van der Waals surface area contributed by atoms with E-state index in [0.29, 0.717) is 6.04 Å². The third kappa shape index (κ3) is 4.29. The molecule has 5 heteroatoms. The van der Waals surface area contributed by atoms with Gasteiger partial charge in [-0.2, -0.15) is 0 Å². The monoisotopic (exact) mass is 353 g/mol. The molecule has 0 amide bonds. The van der Waals surface area contributed by atoms with Crippen LogP contribution in [0.3, 0.4) is 0 Å². The van der Waals surface area contributed by atoms with Gasteiger partial charge in [0.25, 0.3) is 0 Å². The molecule has 136 valence electrons. The van der Waals surface area contributed by atoms with E-state index in [1.807, 2.05) is 6.07 Å². The van der Waals surface area contributed by atoms with Gasteiger partial charge in [-0.15, -0.1) is 0 Å². The Kier molecular flexibility index (Phi) is 5.38. The Morgan fingerprint density at radius 1 is 1.00 bits per heavy atom. The van der Waals surface area contributed by atoms with Crippen LogP contribution in [-0.2, 0) is 29.1 Å². The molecule has 2 aromatic carbocycles. The lowest BCUT2D eigenvalue weighted by atomic mass is 9.94. The zero-order valence-electron chi connectivity index (χ0n) is 15.3. The first kappa shape index (κ1) is 18.1. The van der Waals surface area contributed by atoms with Crippen molar-refractivity contribution < 1.29 is 19.1 Å². The van der Waals surface area contributed by atoms with E-state index in [0.717, 1.165) is 25.1 Å². The summed E-state index contributed by atoms with van der Waals surface area (Å²) in [6, 6.07) is 14.3. The number of carbonyl (C=O) groups excluding carboxylic acids is 2. The van der Waals surface area contributed by atoms with Crippen LogP contribution in [0.1, 0.15) is 37.5 Å².